The van der Waals surface area contributed by atoms with Crippen molar-refractivity contribution in [1.29, 1.82) is 0 Å². The fourth-order valence-electron chi connectivity index (χ4n) is 3.20. The topological polar surface area (TPSA) is 55.6 Å². The number of hydrogen-bond acceptors (Lipinski definition) is 3. The molecule has 4 nitrogen and oxygen atoms in total. The molecule has 3 unspecified atom stereocenters. The van der Waals surface area contributed by atoms with Crippen LogP contribution in [0.2, 0.25) is 0 Å². The third kappa shape index (κ3) is 4.05. The summed E-state index contributed by atoms with van der Waals surface area (Å²) in [5.74, 6) is 1.71. The molecule has 0 bridgehead atoms. The Morgan fingerprint density at radius 1 is 1.39 bits per heavy atom. The molecule has 1 heterocycles. The summed E-state index contributed by atoms with van der Waals surface area (Å²) in [4.78, 5) is 14.6. The Bertz CT molecular complexity index is 556. The van der Waals surface area contributed by atoms with E-state index in [1.807, 2.05) is 18.7 Å². The Balaban J connectivity index is 2.08. The van der Waals surface area contributed by atoms with Crippen molar-refractivity contribution in [3.63, 3.8) is 0 Å². The smallest absolute Gasteiger partial charge is 0.263 e. The maximum absolute atomic E-state index is 12.7. The summed E-state index contributed by atoms with van der Waals surface area (Å²) < 4.78 is 6.00. The summed E-state index contributed by atoms with van der Waals surface area (Å²) in [6, 6.07) is 6.48. The molecule has 1 aliphatic rings. The van der Waals surface area contributed by atoms with Crippen molar-refractivity contribution >= 4 is 5.91 Å². The fraction of sp³-hybridized carbons (Fsp3) is 0.632. The van der Waals surface area contributed by atoms with Gasteiger partial charge in [0.15, 0.2) is 6.10 Å². The van der Waals surface area contributed by atoms with Crippen molar-refractivity contribution in [2.75, 3.05) is 13.1 Å². The van der Waals surface area contributed by atoms with Gasteiger partial charge in [-0.3, -0.25) is 4.79 Å². The van der Waals surface area contributed by atoms with E-state index >= 15 is 0 Å². The summed E-state index contributed by atoms with van der Waals surface area (Å²) in [6.07, 6.45) is 0.506. The molecular weight excluding hydrogens is 288 g/mol. The minimum Gasteiger partial charge on any atom is -0.481 e. The zero-order chi connectivity index (χ0) is 17.1. The van der Waals surface area contributed by atoms with Crippen LogP contribution in [0.3, 0.4) is 0 Å². The van der Waals surface area contributed by atoms with Gasteiger partial charge in [0.05, 0.1) is 0 Å². The van der Waals surface area contributed by atoms with Gasteiger partial charge in [-0.2, -0.15) is 0 Å². The minimum atomic E-state index is -0.477. The van der Waals surface area contributed by atoms with Crippen molar-refractivity contribution in [2.45, 2.75) is 59.1 Å². The first-order valence-corrected chi connectivity index (χ1v) is 8.61. The molecule has 0 radical (unpaired) electrons. The van der Waals surface area contributed by atoms with E-state index in [0.29, 0.717) is 18.4 Å². The minimum absolute atomic E-state index is 0.0581. The zero-order valence-electron chi connectivity index (χ0n) is 15.0. The van der Waals surface area contributed by atoms with Crippen LogP contribution < -0.4 is 10.5 Å². The molecule has 1 saturated heterocycles. The molecule has 2 rings (SSSR count). The van der Waals surface area contributed by atoms with E-state index in [9.17, 15) is 4.79 Å². The normalized spacial score (nSPS) is 22.5. The zero-order valence-corrected chi connectivity index (χ0v) is 15.0. The highest BCUT2D eigenvalue weighted by atomic mass is 16.5. The van der Waals surface area contributed by atoms with Crippen LogP contribution in [-0.2, 0) is 4.79 Å². The van der Waals surface area contributed by atoms with Gasteiger partial charge >= 0.3 is 0 Å². The van der Waals surface area contributed by atoms with Crippen LogP contribution >= 0.6 is 0 Å². The lowest BCUT2D eigenvalue weighted by Gasteiger charge is -2.26. The Labute approximate surface area is 140 Å². The number of hydrogen-bond donors (Lipinski definition) is 1. The summed E-state index contributed by atoms with van der Waals surface area (Å²) >= 11 is 0. The van der Waals surface area contributed by atoms with Gasteiger partial charge in [0.2, 0.25) is 0 Å². The lowest BCUT2D eigenvalue weighted by atomic mass is 10.0. The van der Waals surface area contributed by atoms with Crippen molar-refractivity contribution in [1.82, 2.24) is 4.90 Å². The molecule has 0 aliphatic carbocycles. The maximum atomic E-state index is 12.7. The predicted molar refractivity (Wildman–Crippen MR) is 93.7 cm³/mol. The Morgan fingerprint density at radius 3 is 2.65 bits per heavy atom. The Kier molecular flexibility index (Phi) is 5.69. The van der Waals surface area contributed by atoms with Gasteiger partial charge in [0.25, 0.3) is 5.91 Å². The van der Waals surface area contributed by atoms with Gasteiger partial charge < -0.3 is 15.4 Å². The Hall–Kier alpha value is -1.55. The van der Waals surface area contributed by atoms with E-state index in [4.69, 9.17) is 10.5 Å². The number of nitrogens with zero attached hydrogens (tertiary/aromatic N) is 1. The van der Waals surface area contributed by atoms with Crippen molar-refractivity contribution in [2.24, 2.45) is 11.7 Å². The Morgan fingerprint density at radius 2 is 2.09 bits per heavy atom. The molecule has 128 valence electrons. The molecule has 1 aromatic rings. The van der Waals surface area contributed by atoms with E-state index in [0.717, 1.165) is 24.3 Å². The molecule has 1 amide bonds. The van der Waals surface area contributed by atoms with E-state index in [2.05, 4.69) is 39.0 Å². The molecule has 0 spiro atoms. The number of carbonyl (C=O) groups excluding carboxylic acids is 1. The van der Waals surface area contributed by atoms with Crippen LogP contribution in [0.1, 0.15) is 51.2 Å². The van der Waals surface area contributed by atoms with Crippen molar-refractivity contribution < 1.29 is 9.53 Å². The van der Waals surface area contributed by atoms with Gasteiger partial charge in [-0.25, -0.2) is 0 Å². The third-order valence-electron chi connectivity index (χ3n) is 4.81. The second-order valence-electron chi connectivity index (χ2n) is 7.12. The molecule has 3 atom stereocenters. The summed E-state index contributed by atoms with van der Waals surface area (Å²) in [6.45, 7) is 11.6. The highest BCUT2D eigenvalue weighted by Gasteiger charge is 2.34. The molecular formula is C19H30N2O2. The summed E-state index contributed by atoms with van der Waals surface area (Å²) in [5.41, 5.74) is 8.04. The van der Waals surface area contributed by atoms with Crippen molar-refractivity contribution in [3.05, 3.63) is 29.3 Å². The largest absolute Gasteiger partial charge is 0.481 e. The van der Waals surface area contributed by atoms with Gasteiger partial charge in [0.1, 0.15) is 5.75 Å². The van der Waals surface area contributed by atoms with E-state index in [-0.39, 0.29) is 11.9 Å². The second kappa shape index (κ2) is 7.35. The summed E-state index contributed by atoms with van der Waals surface area (Å²) in [5, 5.41) is 0. The van der Waals surface area contributed by atoms with Gasteiger partial charge in [-0.05, 0) is 62.8 Å². The third-order valence-corrected chi connectivity index (χ3v) is 4.81. The van der Waals surface area contributed by atoms with Crippen molar-refractivity contribution in [3.8, 4) is 5.75 Å². The van der Waals surface area contributed by atoms with E-state index < -0.39 is 6.10 Å². The molecule has 2 N–H and O–H groups in total. The van der Waals surface area contributed by atoms with Gasteiger partial charge in [0, 0.05) is 12.6 Å². The first kappa shape index (κ1) is 17.8. The number of ether oxygens (including phenoxy) is 1. The van der Waals surface area contributed by atoms with Gasteiger partial charge in [-0.1, -0.05) is 26.0 Å². The predicted octanol–water partition coefficient (Wildman–Crippen LogP) is 3.08. The standard InChI is InChI=1S/C19H30N2O2/c1-12(2)17-7-6-13(3)18(9-17)23-15(5)19(22)21-11-16(10-20)8-14(21)4/h6-7,9,12,14-16H,8,10-11,20H2,1-5H3. The number of carbonyl (C=O) groups is 1. The molecule has 23 heavy (non-hydrogen) atoms. The molecule has 0 aromatic heterocycles. The van der Waals surface area contributed by atoms with Crippen LogP contribution in [0.25, 0.3) is 0 Å². The molecule has 4 heteroatoms. The van der Waals surface area contributed by atoms with Crippen LogP contribution in [0.15, 0.2) is 18.2 Å². The average molecular weight is 318 g/mol. The molecule has 1 aliphatic heterocycles. The number of aryl methyl sites for hydroxylation is 1. The number of amides is 1. The number of rotatable bonds is 5. The van der Waals surface area contributed by atoms with Crippen LogP contribution in [0, 0.1) is 12.8 Å². The lowest BCUT2D eigenvalue weighted by molar-refractivity contribution is -0.138. The average Bonchev–Trinajstić information content (AvgIpc) is 2.89. The first-order valence-electron chi connectivity index (χ1n) is 8.61. The second-order valence-corrected chi connectivity index (χ2v) is 7.12. The van der Waals surface area contributed by atoms with E-state index in [1.165, 1.54) is 5.56 Å². The van der Waals surface area contributed by atoms with Crippen LogP contribution in [0.5, 0.6) is 5.75 Å². The van der Waals surface area contributed by atoms with Crippen LogP contribution in [0.4, 0.5) is 0 Å². The maximum Gasteiger partial charge on any atom is 0.263 e. The van der Waals surface area contributed by atoms with Crippen LogP contribution in [-0.4, -0.2) is 36.0 Å². The fourth-order valence-corrected chi connectivity index (χ4v) is 3.20. The lowest BCUT2D eigenvalue weighted by Crippen LogP contribution is -2.42. The number of nitrogens with two attached hydrogens (primary N) is 1. The number of likely N-dealkylation sites (tertiary alicyclic amines) is 1. The monoisotopic (exact) mass is 318 g/mol. The quantitative estimate of drug-likeness (QED) is 0.907. The first-order chi connectivity index (χ1) is 10.8. The highest BCUT2D eigenvalue weighted by Crippen LogP contribution is 2.27. The highest BCUT2D eigenvalue weighted by molar-refractivity contribution is 5.81. The summed E-state index contributed by atoms with van der Waals surface area (Å²) in [7, 11) is 0. The molecule has 1 aromatic carbocycles. The van der Waals surface area contributed by atoms with E-state index in [1.54, 1.807) is 0 Å². The molecule has 0 saturated carbocycles. The number of benzene rings is 1. The van der Waals surface area contributed by atoms with Gasteiger partial charge in [-0.15, -0.1) is 0 Å². The SMILES string of the molecule is Cc1ccc(C(C)C)cc1OC(C)C(=O)N1CC(CN)CC1C. The molecule has 1 fully saturated rings.